The van der Waals surface area contributed by atoms with Crippen molar-refractivity contribution in [3.05, 3.63) is 47.5 Å². The number of carbonyl (C=O) groups excluding carboxylic acids is 1. The fourth-order valence-electron chi connectivity index (χ4n) is 1.86. The van der Waals surface area contributed by atoms with Gasteiger partial charge in [-0.05, 0) is 22.8 Å². The molecule has 0 fully saturated rings. The second-order valence-corrected chi connectivity index (χ2v) is 3.33. The zero-order valence-electron chi connectivity index (χ0n) is 10.2. The molecule has 1 heteroatoms. The standard InChI is InChI=1S/C13H12O.C2H6/c1-2-12-11(9-14)8-7-10-5-3-4-6-13(10)12;1-2/h3-9H,2H2,1H3;1-2H3. The minimum Gasteiger partial charge on any atom is -0.298 e. The fraction of sp³-hybridized carbons (Fsp3) is 0.267. The van der Waals surface area contributed by atoms with E-state index in [0.717, 1.165) is 23.8 Å². The third kappa shape index (κ3) is 2.30. The number of benzene rings is 2. The van der Waals surface area contributed by atoms with Gasteiger partial charge in [-0.15, -0.1) is 0 Å². The number of fused-ring (bicyclic) bond motifs is 1. The van der Waals surface area contributed by atoms with E-state index in [1.54, 1.807) is 0 Å². The van der Waals surface area contributed by atoms with Crippen LogP contribution < -0.4 is 0 Å². The number of aldehydes is 1. The average Bonchev–Trinajstić information content (AvgIpc) is 2.39. The molecule has 0 N–H and O–H groups in total. The molecule has 2 rings (SSSR count). The van der Waals surface area contributed by atoms with Crippen molar-refractivity contribution in [2.75, 3.05) is 0 Å². The monoisotopic (exact) mass is 214 g/mol. The molecule has 0 aliphatic carbocycles. The summed E-state index contributed by atoms with van der Waals surface area (Å²) in [6, 6.07) is 12.1. The minimum absolute atomic E-state index is 0.811. The first-order valence-electron chi connectivity index (χ1n) is 5.82. The molecule has 0 unspecified atom stereocenters. The maximum Gasteiger partial charge on any atom is 0.150 e. The van der Waals surface area contributed by atoms with Gasteiger partial charge in [0.15, 0.2) is 0 Å². The Kier molecular flexibility index (Phi) is 4.71. The van der Waals surface area contributed by atoms with Crippen LogP contribution in [0.25, 0.3) is 10.8 Å². The van der Waals surface area contributed by atoms with Crippen LogP contribution >= 0.6 is 0 Å². The highest BCUT2D eigenvalue weighted by atomic mass is 16.1. The summed E-state index contributed by atoms with van der Waals surface area (Å²) >= 11 is 0. The van der Waals surface area contributed by atoms with Gasteiger partial charge in [0.05, 0.1) is 0 Å². The minimum atomic E-state index is 0.811. The highest BCUT2D eigenvalue weighted by molar-refractivity contribution is 5.93. The summed E-state index contributed by atoms with van der Waals surface area (Å²) in [5, 5.41) is 2.40. The molecule has 0 saturated carbocycles. The van der Waals surface area contributed by atoms with Gasteiger partial charge in [-0.25, -0.2) is 0 Å². The van der Waals surface area contributed by atoms with Gasteiger partial charge in [-0.3, -0.25) is 4.79 Å². The van der Waals surface area contributed by atoms with Crippen LogP contribution in [0.3, 0.4) is 0 Å². The average molecular weight is 214 g/mol. The predicted octanol–water partition coefficient (Wildman–Crippen LogP) is 4.24. The lowest BCUT2D eigenvalue weighted by atomic mass is 9.98. The van der Waals surface area contributed by atoms with Crippen LogP contribution in [-0.2, 0) is 6.42 Å². The number of carbonyl (C=O) groups is 1. The Balaban J connectivity index is 0.000000606. The van der Waals surface area contributed by atoms with Crippen LogP contribution in [0.5, 0.6) is 0 Å². The third-order valence-corrected chi connectivity index (χ3v) is 2.56. The first-order valence-corrected chi connectivity index (χ1v) is 5.82. The zero-order chi connectivity index (χ0) is 12.0. The van der Waals surface area contributed by atoms with Crippen LogP contribution in [-0.4, -0.2) is 6.29 Å². The Morgan fingerprint density at radius 1 is 1.06 bits per heavy atom. The molecule has 0 atom stereocenters. The largest absolute Gasteiger partial charge is 0.298 e. The lowest BCUT2D eigenvalue weighted by molar-refractivity contribution is 0.112. The van der Waals surface area contributed by atoms with E-state index in [-0.39, 0.29) is 0 Å². The molecule has 84 valence electrons. The predicted molar refractivity (Wildman–Crippen MR) is 70.1 cm³/mol. The van der Waals surface area contributed by atoms with Crippen molar-refractivity contribution < 1.29 is 4.79 Å². The van der Waals surface area contributed by atoms with Gasteiger partial charge >= 0.3 is 0 Å². The van der Waals surface area contributed by atoms with Crippen molar-refractivity contribution in [3.63, 3.8) is 0 Å². The smallest absolute Gasteiger partial charge is 0.150 e. The molecular formula is C15H18O. The van der Waals surface area contributed by atoms with Gasteiger partial charge in [0, 0.05) is 5.56 Å². The van der Waals surface area contributed by atoms with Crippen LogP contribution in [0.15, 0.2) is 36.4 Å². The van der Waals surface area contributed by atoms with Gasteiger partial charge in [0.25, 0.3) is 0 Å². The van der Waals surface area contributed by atoms with Crippen LogP contribution in [0, 0.1) is 0 Å². The third-order valence-electron chi connectivity index (χ3n) is 2.56. The van der Waals surface area contributed by atoms with Gasteiger partial charge in [-0.2, -0.15) is 0 Å². The summed E-state index contributed by atoms with van der Waals surface area (Å²) < 4.78 is 0. The molecule has 0 radical (unpaired) electrons. The van der Waals surface area contributed by atoms with Crippen molar-refractivity contribution >= 4 is 17.1 Å². The van der Waals surface area contributed by atoms with Crippen molar-refractivity contribution in [1.82, 2.24) is 0 Å². The molecule has 1 nitrogen and oxygen atoms in total. The van der Waals surface area contributed by atoms with Crippen LogP contribution in [0.4, 0.5) is 0 Å². The zero-order valence-corrected chi connectivity index (χ0v) is 10.2. The number of hydrogen-bond donors (Lipinski definition) is 0. The van der Waals surface area contributed by atoms with E-state index >= 15 is 0 Å². The molecule has 0 aliphatic rings. The highest BCUT2D eigenvalue weighted by Crippen LogP contribution is 2.21. The van der Waals surface area contributed by atoms with E-state index in [2.05, 4.69) is 19.1 Å². The van der Waals surface area contributed by atoms with Crippen molar-refractivity contribution in [2.24, 2.45) is 0 Å². The normalized spacial score (nSPS) is 9.44. The van der Waals surface area contributed by atoms with Crippen molar-refractivity contribution in [2.45, 2.75) is 27.2 Å². The Hall–Kier alpha value is -1.63. The Labute approximate surface area is 97.1 Å². The Morgan fingerprint density at radius 2 is 1.75 bits per heavy atom. The lowest BCUT2D eigenvalue weighted by Gasteiger charge is -2.06. The second-order valence-electron chi connectivity index (χ2n) is 3.33. The summed E-state index contributed by atoms with van der Waals surface area (Å²) in [5.74, 6) is 0. The number of rotatable bonds is 2. The van der Waals surface area contributed by atoms with E-state index in [4.69, 9.17) is 0 Å². The van der Waals surface area contributed by atoms with Crippen molar-refractivity contribution in [3.8, 4) is 0 Å². The molecule has 0 spiro atoms. The number of hydrogen-bond acceptors (Lipinski definition) is 1. The molecule has 0 heterocycles. The maximum atomic E-state index is 10.8. The van der Waals surface area contributed by atoms with Crippen LogP contribution in [0.1, 0.15) is 36.7 Å². The lowest BCUT2D eigenvalue weighted by Crippen LogP contribution is -1.91. The Morgan fingerprint density at radius 3 is 2.38 bits per heavy atom. The molecule has 16 heavy (non-hydrogen) atoms. The summed E-state index contributed by atoms with van der Waals surface area (Å²) in [6.07, 6.45) is 1.83. The first-order chi connectivity index (χ1) is 7.86. The number of aryl methyl sites for hydroxylation is 1. The molecule has 0 aliphatic heterocycles. The van der Waals surface area contributed by atoms with E-state index < -0.39 is 0 Å². The van der Waals surface area contributed by atoms with Gasteiger partial charge in [0.2, 0.25) is 0 Å². The molecule has 0 amide bonds. The van der Waals surface area contributed by atoms with Crippen LogP contribution in [0.2, 0.25) is 0 Å². The van der Waals surface area contributed by atoms with E-state index in [9.17, 15) is 4.79 Å². The molecular weight excluding hydrogens is 196 g/mol. The second kappa shape index (κ2) is 6.06. The van der Waals surface area contributed by atoms with E-state index in [1.807, 2.05) is 38.1 Å². The molecule has 0 saturated heterocycles. The summed E-state index contributed by atoms with van der Waals surface area (Å²) in [7, 11) is 0. The van der Waals surface area contributed by atoms with Crippen molar-refractivity contribution in [1.29, 1.82) is 0 Å². The highest BCUT2D eigenvalue weighted by Gasteiger charge is 2.03. The SMILES string of the molecule is CC.CCc1c(C=O)ccc2ccccc12. The fourth-order valence-corrected chi connectivity index (χ4v) is 1.86. The Bertz CT molecular complexity index is 472. The summed E-state index contributed by atoms with van der Waals surface area (Å²) in [5.41, 5.74) is 1.96. The van der Waals surface area contributed by atoms with Gasteiger partial charge < -0.3 is 0 Å². The molecule has 0 bridgehead atoms. The van der Waals surface area contributed by atoms with E-state index in [0.29, 0.717) is 0 Å². The quantitative estimate of drug-likeness (QED) is 0.683. The molecule has 0 aromatic heterocycles. The van der Waals surface area contributed by atoms with Gasteiger partial charge in [-0.1, -0.05) is 57.2 Å². The topological polar surface area (TPSA) is 17.1 Å². The van der Waals surface area contributed by atoms with E-state index in [1.165, 1.54) is 10.8 Å². The molecule has 2 aromatic carbocycles. The molecule has 2 aromatic rings. The van der Waals surface area contributed by atoms with Gasteiger partial charge in [0.1, 0.15) is 6.29 Å². The first kappa shape index (κ1) is 12.4. The summed E-state index contributed by atoms with van der Waals surface area (Å²) in [4.78, 5) is 10.8. The maximum absolute atomic E-state index is 10.8. The summed E-state index contributed by atoms with van der Waals surface area (Å²) in [6.45, 7) is 6.08.